The Bertz CT molecular complexity index is 565. The molecule has 1 aliphatic rings. The van der Waals surface area contributed by atoms with E-state index in [0.29, 0.717) is 24.3 Å². The number of amides is 2. The number of carbonyl (C=O) groups excluding carboxylic acids is 2. The van der Waals surface area contributed by atoms with E-state index in [4.69, 9.17) is 0 Å². The van der Waals surface area contributed by atoms with Gasteiger partial charge in [0.2, 0.25) is 5.91 Å². The van der Waals surface area contributed by atoms with Gasteiger partial charge in [0.1, 0.15) is 0 Å². The molecular weight excluding hydrogens is 312 g/mol. The van der Waals surface area contributed by atoms with Crippen molar-refractivity contribution in [1.82, 2.24) is 4.90 Å². The first-order chi connectivity index (χ1) is 11.0. The molecule has 23 heavy (non-hydrogen) atoms. The van der Waals surface area contributed by atoms with Crippen LogP contribution in [0.2, 0.25) is 0 Å². The Labute approximate surface area is 141 Å². The van der Waals surface area contributed by atoms with Gasteiger partial charge in [0.25, 0.3) is 5.91 Å². The molecule has 1 heterocycles. The standard InChI is InChI=1S/C17H24N2O3S/c1-12(11-23-2)16(21)18-14-6-3-5-13(9-14)17(22)19-8-4-7-15(20)10-19/h3,5-6,9,12,15,20H,4,7-8,10-11H2,1-2H3,(H,18,21)/t12-,15+/m0/s1. The number of thioether (sulfide) groups is 1. The second kappa shape index (κ2) is 8.36. The van der Waals surface area contributed by atoms with Gasteiger partial charge >= 0.3 is 0 Å². The molecule has 0 radical (unpaired) electrons. The average molecular weight is 336 g/mol. The van der Waals surface area contributed by atoms with E-state index in [1.807, 2.05) is 13.2 Å². The highest BCUT2D eigenvalue weighted by Crippen LogP contribution is 2.17. The van der Waals surface area contributed by atoms with Gasteiger partial charge < -0.3 is 15.3 Å². The summed E-state index contributed by atoms with van der Waals surface area (Å²) in [5, 5.41) is 12.6. The second-order valence-electron chi connectivity index (χ2n) is 5.97. The van der Waals surface area contributed by atoms with Crippen LogP contribution >= 0.6 is 11.8 Å². The summed E-state index contributed by atoms with van der Waals surface area (Å²) in [6.07, 6.45) is 3.08. The highest BCUT2D eigenvalue weighted by molar-refractivity contribution is 7.98. The second-order valence-corrected chi connectivity index (χ2v) is 6.88. The van der Waals surface area contributed by atoms with Crippen molar-refractivity contribution in [3.05, 3.63) is 29.8 Å². The van der Waals surface area contributed by atoms with Crippen LogP contribution < -0.4 is 5.32 Å². The van der Waals surface area contributed by atoms with E-state index < -0.39 is 6.10 Å². The molecule has 0 saturated carbocycles. The zero-order chi connectivity index (χ0) is 16.8. The minimum absolute atomic E-state index is 0.0441. The Morgan fingerprint density at radius 3 is 2.96 bits per heavy atom. The lowest BCUT2D eigenvalue weighted by molar-refractivity contribution is -0.118. The van der Waals surface area contributed by atoms with Crippen LogP contribution in [0, 0.1) is 5.92 Å². The predicted octanol–water partition coefficient (Wildman–Crippen LogP) is 2.22. The quantitative estimate of drug-likeness (QED) is 0.865. The number of aliphatic hydroxyl groups is 1. The van der Waals surface area contributed by atoms with Crippen molar-refractivity contribution in [3.63, 3.8) is 0 Å². The molecule has 0 spiro atoms. The molecule has 2 N–H and O–H groups in total. The van der Waals surface area contributed by atoms with Crippen LogP contribution in [0.4, 0.5) is 5.69 Å². The first-order valence-corrected chi connectivity index (χ1v) is 9.28. The van der Waals surface area contributed by atoms with Gasteiger partial charge in [-0.3, -0.25) is 9.59 Å². The van der Waals surface area contributed by atoms with Crippen LogP contribution in [-0.2, 0) is 4.79 Å². The topological polar surface area (TPSA) is 69.6 Å². The predicted molar refractivity (Wildman–Crippen MR) is 93.8 cm³/mol. The molecule has 1 aromatic carbocycles. The van der Waals surface area contributed by atoms with Gasteiger partial charge in [-0.25, -0.2) is 0 Å². The van der Waals surface area contributed by atoms with E-state index in [1.54, 1.807) is 40.9 Å². The maximum Gasteiger partial charge on any atom is 0.254 e. The van der Waals surface area contributed by atoms with E-state index >= 15 is 0 Å². The molecule has 2 atom stereocenters. The number of hydrogen-bond acceptors (Lipinski definition) is 4. The number of piperidine rings is 1. The Balaban J connectivity index is 2.04. The lowest BCUT2D eigenvalue weighted by atomic mass is 10.1. The van der Waals surface area contributed by atoms with Gasteiger partial charge in [-0.1, -0.05) is 13.0 Å². The van der Waals surface area contributed by atoms with E-state index in [-0.39, 0.29) is 17.7 Å². The Morgan fingerprint density at radius 2 is 2.26 bits per heavy atom. The maximum absolute atomic E-state index is 12.5. The van der Waals surface area contributed by atoms with Crippen LogP contribution in [0.5, 0.6) is 0 Å². The van der Waals surface area contributed by atoms with Crippen molar-refractivity contribution >= 4 is 29.3 Å². The first kappa shape index (κ1) is 17.8. The SMILES string of the molecule is CSC[C@H](C)C(=O)Nc1cccc(C(=O)N2CCC[C@@H](O)C2)c1. The van der Waals surface area contributed by atoms with Gasteiger partial charge in [-0.05, 0) is 37.3 Å². The first-order valence-electron chi connectivity index (χ1n) is 7.88. The number of hydrogen-bond donors (Lipinski definition) is 2. The van der Waals surface area contributed by atoms with Crippen LogP contribution in [0.25, 0.3) is 0 Å². The fourth-order valence-electron chi connectivity index (χ4n) is 2.64. The number of carbonyl (C=O) groups is 2. The smallest absolute Gasteiger partial charge is 0.254 e. The van der Waals surface area contributed by atoms with Gasteiger partial charge in [0.05, 0.1) is 6.10 Å². The van der Waals surface area contributed by atoms with Crippen LogP contribution in [0.15, 0.2) is 24.3 Å². The molecule has 1 aromatic rings. The number of nitrogens with zero attached hydrogens (tertiary/aromatic N) is 1. The normalized spacial score (nSPS) is 19.3. The van der Waals surface area contributed by atoms with E-state index in [2.05, 4.69) is 5.32 Å². The summed E-state index contributed by atoms with van der Waals surface area (Å²) in [5.74, 6) is 0.534. The molecule has 0 aliphatic carbocycles. The zero-order valence-corrected chi connectivity index (χ0v) is 14.4. The third-order valence-electron chi connectivity index (χ3n) is 3.93. The number of likely N-dealkylation sites (tertiary alicyclic amines) is 1. The summed E-state index contributed by atoms with van der Waals surface area (Å²) in [4.78, 5) is 26.3. The van der Waals surface area contributed by atoms with Crippen LogP contribution in [0.3, 0.4) is 0 Å². The monoisotopic (exact) mass is 336 g/mol. The molecule has 1 fully saturated rings. The molecule has 2 rings (SSSR count). The van der Waals surface area contributed by atoms with Gasteiger partial charge in [0.15, 0.2) is 0 Å². The molecule has 126 valence electrons. The zero-order valence-electron chi connectivity index (χ0n) is 13.6. The lowest BCUT2D eigenvalue weighted by Crippen LogP contribution is -2.42. The van der Waals surface area contributed by atoms with Gasteiger partial charge in [-0.2, -0.15) is 11.8 Å². The Morgan fingerprint density at radius 1 is 1.48 bits per heavy atom. The number of benzene rings is 1. The molecular formula is C17H24N2O3S. The van der Waals surface area contributed by atoms with Crippen molar-refractivity contribution in [2.24, 2.45) is 5.92 Å². The lowest BCUT2D eigenvalue weighted by Gasteiger charge is -2.30. The van der Waals surface area contributed by atoms with Gasteiger partial charge in [0, 0.05) is 36.0 Å². The minimum atomic E-state index is -0.442. The van der Waals surface area contributed by atoms with Crippen LogP contribution in [0.1, 0.15) is 30.1 Å². The highest BCUT2D eigenvalue weighted by Gasteiger charge is 2.23. The summed E-state index contributed by atoms with van der Waals surface area (Å²) in [7, 11) is 0. The van der Waals surface area contributed by atoms with E-state index in [9.17, 15) is 14.7 Å². The summed E-state index contributed by atoms with van der Waals surface area (Å²) in [6, 6.07) is 6.99. The molecule has 0 unspecified atom stereocenters. The number of aliphatic hydroxyl groups excluding tert-OH is 1. The molecule has 1 aliphatic heterocycles. The van der Waals surface area contributed by atoms with Crippen molar-refractivity contribution < 1.29 is 14.7 Å². The summed E-state index contributed by atoms with van der Waals surface area (Å²) in [5.41, 5.74) is 1.17. The molecule has 2 amide bonds. The molecule has 0 aromatic heterocycles. The third-order valence-corrected chi connectivity index (χ3v) is 4.76. The molecule has 0 bridgehead atoms. The fourth-order valence-corrected chi connectivity index (χ4v) is 3.29. The number of nitrogens with one attached hydrogen (secondary N) is 1. The molecule has 5 nitrogen and oxygen atoms in total. The van der Waals surface area contributed by atoms with E-state index in [1.165, 1.54) is 0 Å². The molecule has 6 heteroatoms. The Kier molecular flexibility index (Phi) is 6.47. The minimum Gasteiger partial charge on any atom is -0.391 e. The van der Waals surface area contributed by atoms with Crippen molar-refractivity contribution in [2.75, 3.05) is 30.4 Å². The number of rotatable bonds is 5. The van der Waals surface area contributed by atoms with Gasteiger partial charge in [-0.15, -0.1) is 0 Å². The van der Waals surface area contributed by atoms with Crippen molar-refractivity contribution in [2.45, 2.75) is 25.9 Å². The number of β-amino-alcohol motifs (C(OH)–C–C–N with tert-alkyl or cyclic N) is 1. The van der Waals surface area contributed by atoms with Crippen molar-refractivity contribution in [3.8, 4) is 0 Å². The average Bonchev–Trinajstić information content (AvgIpc) is 2.54. The molecule has 1 saturated heterocycles. The Hall–Kier alpha value is -1.53. The van der Waals surface area contributed by atoms with Crippen LogP contribution in [-0.4, -0.2) is 53.0 Å². The number of anilines is 1. The summed E-state index contributed by atoms with van der Waals surface area (Å²) >= 11 is 1.63. The fraction of sp³-hybridized carbons (Fsp3) is 0.529. The highest BCUT2D eigenvalue weighted by atomic mass is 32.2. The maximum atomic E-state index is 12.5. The van der Waals surface area contributed by atoms with Crippen molar-refractivity contribution in [1.29, 1.82) is 0 Å². The summed E-state index contributed by atoms with van der Waals surface area (Å²) in [6.45, 7) is 2.92. The largest absolute Gasteiger partial charge is 0.391 e. The summed E-state index contributed by atoms with van der Waals surface area (Å²) < 4.78 is 0. The van der Waals surface area contributed by atoms with E-state index in [0.717, 1.165) is 18.6 Å². The third kappa shape index (κ3) is 4.97.